The van der Waals surface area contributed by atoms with Crippen LogP contribution in [0.3, 0.4) is 0 Å². The number of nitrogens with zero attached hydrogens (tertiary/aromatic N) is 1. The highest BCUT2D eigenvalue weighted by Gasteiger charge is 2.13. The van der Waals surface area contributed by atoms with Crippen LogP contribution in [0.1, 0.15) is 44.9 Å². The Hall–Kier alpha value is -1.10. The number of hydrogen-bond acceptors (Lipinski definition) is 3. The second-order valence-corrected chi connectivity index (χ2v) is 5.56. The summed E-state index contributed by atoms with van der Waals surface area (Å²) in [7, 11) is 1.63. The smallest absolute Gasteiger partial charge is 0.317 e. The van der Waals surface area contributed by atoms with Crippen molar-refractivity contribution in [3.63, 3.8) is 0 Å². The molecule has 0 bridgehead atoms. The highest BCUT2D eigenvalue weighted by molar-refractivity contribution is 5.78. The minimum absolute atomic E-state index is 0.0904. The second-order valence-electron chi connectivity index (χ2n) is 5.56. The Balaban J connectivity index is 2.01. The van der Waals surface area contributed by atoms with Gasteiger partial charge in [0.2, 0.25) is 5.91 Å². The van der Waals surface area contributed by atoms with Gasteiger partial charge in [0.15, 0.2) is 0 Å². The van der Waals surface area contributed by atoms with Gasteiger partial charge in [-0.05, 0) is 25.8 Å². The zero-order valence-corrected chi connectivity index (χ0v) is 11.9. The molecule has 19 heavy (non-hydrogen) atoms. The van der Waals surface area contributed by atoms with Crippen molar-refractivity contribution in [2.75, 3.05) is 26.7 Å². The van der Waals surface area contributed by atoms with Gasteiger partial charge in [-0.15, -0.1) is 0 Å². The largest absolute Gasteiger partial charge is 0.480 e. The zero-order chi connectivity index (χ0) is 14.1. The molecule has 1 saturated carbocycles. The molecule has 2 N–H and O–H groups in total. The summed E-state index contributed by atoms with van der Waals surface area (Å²) in [4.78, 5) is 23.5. The molecule has 0 aromatic heterocycles. The Morgan fingerprint density at radius 2 is 1.89 bits per heavy atom. The predicted molar refractivity (Wildman–Crippen MR) is 74.0 cm³/mol. The molecule has 0 aromatic rings. The van der Waals surface area contributed by atoms with Crippen LogP contribution < -0.4 is 5.32 Å². The summed E-state index contributed by atoms with van der Waals surface area (Å²) in [5.74, 6) is -0.152. The predicted octanol–water partition coefficient (Wildman–Crippen LogP) is 1.48. The van der Waals surface area contributed by atoms with Crippen molar-refractivity contribution in [1.82, 2.24) is 10.2 Å². The molecular weight excluding hydrogens is 244 g/mol. The molecule has 0 saturated heterocycles. The van der Waals surface area contributed by atoms with Crippen molar-refractivity contribution in [2.45, 2.75) is 44.9 Å². The lowest BCUT2D eigenvalue weighted by Gasteiger charge is -2.21. The minimum atomic E-state index is -0.910. The number of carbonyl (C=O) groups is 2. The first-order valence-corrected chi connectivity index (χ1v) is 7.25. The Bertz CT molecular complexity index is 288. The Morgan fingerprint density at radius 3 is 2.53 bits per heavy atom. The maximum absolute atomic E-state index is 11.5. The molecule has 1 aliphatic carbocycles. The zero-order valence-electron chi connectivity index (χ0n) is 11.9. The van der Waals surface area contributed by atoms with Crippen molar-refractivity contribution < 1.29 is 14.7 Å². The topological polar surface area (TPSA) is 69.6 Å². The third-order valence-electron chi connectivity index (χ3n) is 3.65. The molecule has 0 spiro atoms. The van der Waals surface area contributed by atoms with Crippen molar-refractivity contribution in [3.8, 4) is 0 Å². The number of nitrogens with one attached hydrogen (secondary N) is 1. The van der Waals surface area contributed by atoms with Crippen LogP contribution >= 0.6 is 0 Å². The van der Waals surface area contributed by atoms with E-state index in [1.165, 1.54) is 43.4 Å². The van der Waals surface area contributed by atoms with E-state index in [-0.39, 0.29) is 19.0 Å². The van der Waals surface area contributed by atoms with Gasteiger partial charge in [0.05, 0.1) is 13.1 Å². The van der Waals surface area contributed by atoms with Gasteiger partial charge in [-0.25, -0.2) is 0 Å². The molecule has 1 amide bonds. The number of rotatable bonds is 8. The summed E-state index contributed by atoms with van der Waals surface area (Å²) in [6, 6.07) is 0. The number of hydrogen-bond donors (Lipinski definition) is 2. The number of carboxylic acid groups (broad SMARTS) is 1. The molecule has 0 unspecified atom stereocenters. The van der Waals surface area contributed by atoms with Crippen molar-refractivity contribution >= 4 is 11.9 Å². The van der Waals surface area contributed by atoms with Crippen molar-refractivity contribution in [3.05, 3.63) is 0 Å². The summed E-state index contributed by atoms with van der Waals surface area (Å²) in [5.41, 5.74) is 0. The third kappa shape index (κ3) is 7.82. The lowest BCUT2D eigenvalue weighted by Crippen LogP contribution is -2.37. The summed E-state index contributed by atoms with van der Waals surface area (Å²) in [6.45, 7) is 0.751. The van der Waals surface area contributed by atoms with Crippen LogP contribution in [-0.2, 0) is 9.59 Å². The van der Waals surface area contributed by atoms with Gasteiger partial charge >= 0.3 is 5.97 Å². The fraction of sp³-hybridized carbons (Fsp3) is 0.857. The van der Waals surface area contributed by atoms with Gasteiger partial charge in [-0.1, -0.05) is 32.1 Å². The van der Waals surface area contributed by atoms with E-state index in [9.17, 15) is 9.59 Å². The second kappa shape index (κ2) is 8.91. The normalized spacial score (nSPS) is 16.5. The Kier molecular flexibility index (Phi) is 7.48. The van der Waals surface area contributed by atoms with E-state index in [1.807, 2.05) is 0 Å². The molecule has 1 aliphatic rings. The Morgan fingerprint density at radius 1 is 1.21 bits per heavy atom. The summed E-state index contributed by atoms with van der Waals surface area (Å²) in [5, 5.41) is 11.4. The number of carbonyl (C=O) groups excluding carboxylic acids is 1. The van der Waals surface area contributed by atoms with E-state index < -0.39 is 5.97 Å². The molecule has 1 rings (SSSR count). The fourth-order valence-electron chi connectivity index (χ4n) is 2.68. The minimum Gasteiger partial charge on any atom is -0.480 e. The highest BCUT2D eigenvalue weighted by Crippen LogP contribution is 2.26. The fourth-order valence-corrected chi connectivity index (χ4v) is 2.68. The first-order valence-electron chi connectivity index (χ1n) is 7.25. The quantitative estimate of drug-likeness (QED) is 0.655. The maximum atomic E-state index is 11.5. The molecular formula is C14H26N2O3. The van der Waals surface area contributed by atoms with Crippen LogP contribution in [0.4, 0.5) is 0 Å². The van der Waals surface area contributed by atoms with E-state index in [1.54, 1.807) is 7.05 Å². The number of aliphatic carboxylic acids is 1. The van der Waals surface area contributed by atoms with E-state index in [0.29, 0.717) is 6.54 Å². The van der Waals surface area contributed by atoms with E-state index in [2.05, 4.69) is 5.32 Å². The molecule has 0 heterocycles. The summed E-state index contributed by atoms with van der Waals surface area (Å²) < 4.78 is 0. The molecule has 110 valence electrons. The van der Waals surface area contributed by atoms with Crippen molar-refractivity contribution in [2.24, 2.45) is 5.92 Å². The molecule has 0 radical (unpaired) electrons. The summed E-state index contributed by atoms with van der Waals surface area (Å²) in [6.07, 6.45) is 9.01. The molecule has 0 aromatic carbocycles. The van der Waals surface area contributed by atoms with Gasteiger partial charge in [0, 0.05) is 6.54 Å². The number of carboxylic acids is 1. The van der Waals surface area contributed by atoms with E-state index >= 15 is 0 Å². The van der Waals surface area contributed by atoms with Crippen LogP contribution in [0.15, 0.2) is 0 Å². The SMILES string of the molecule is CN(CC(=O)O)CC(=O)NCCCC1CCCCC1. The monoisotopic (exact) mass is 270 g/mol. The summed E-state index contributed by atoms with van der Waals surface area (Å²) >= 11 is 0. The van der Waals surface area contributed by atoms with Crippen LogP contribution in [0.2, 0.25) is 0 Å². The maximum Gasteiger partial charge on any atom is 0.317 e. The lowest BCUT2D eigenvalue weighted by molar-refractivity contribution is -0.138. The van der Waals surface area contributed by atoms with Crippen molar-refractivity contribution in [1.29, 1.82) is 0 Å². The van der Waals surface area contributed by atoms with Gasteiger partial charge in [-0.3, -0.25) is 14.5 Å². The first-order chi connectivity index (χ1) is 9.08. The third-order valence-corrected chi connectivity index (χ3v) is 3.65. The first kappa shape index (κ1) is 16.0. The van der Waals surface area contributed by atoms with Gasteiger partial charge in [0.25, 0.3) is 0 Å². The van der Waals surface area contributed by atoms with E-state index in [4.69, 9.17) is 5.11 Å². The van der Waals surface area contributed by atoms with Gasteiger partial charge in [-0.2, -0.15) is 0 Å². The Labute approximate surface area is 115 Å². The number of amides is 1. The van der Waals surface area contributed by atoms with Crippen LogP contribution in [0, 0.1) is 5.92 Å². The van der Waals surface area contributed by atoms with Crippen LogP contribution in [0.25, 0.3) is 0 Å². The van der Waals surface area contributed by atoms with Gasteiger partial charge in [0.1, 0.15) is 0 Å². The number of likely N-dealkylation sites (N-methyl/N-ethyl adjacent to an activating group) is 1. The lowest BCUT2D eigenvalue weighted by atomic mass is 9.86. The van der Waals surface area contributed by atoms with E-state index in [0.717, 1.165) is 12.3 Å². The average molecular weight is 270 g/mol. The molecule has 1 fully saturated rings. The molecule has 0 aliphatic heterocycles. The standard InChI is InChI=1S/C14H26N2O3/c1-16(11-14(18)19)10-13(17)15-9-5-8-12-6-3-2-4-7-12/h12H,2-11H2,1H3,(H,15,17)(H,18,19). The highest BCUT2D eigenvalue weighted by atomic mass is 16.4. The van der Waals surface area contributed by atoms with Gasteiger partial charge < -0.3 is 10.4 Å². The average Bonchev–Trinajstić information content (AvgIpc) is 2.35. The molecule has 5 nitrogen and oxygen atoms in total. The molecule has 5 heteroatoms. The molecule has 0 atom stereocenters. The van der Waals surface area contributed by atoms with Crippen LogP contribution in [-0.4, -0.2) is 48.6 Å². The van der Waals surface area contributed by atoms with Crippen LogP contribution in [0.5, 0.6) is 0 Å².